The molecular weight excluding hydrogens is 361 g/mol. The van der Waals surface area contributed by atoms with E-state index in [4.69, 9.17) is 0 Å². The maximum atomic E-state index is 12.6. The van der Waals surface area contributed by atoms with E-state index >= 15 is 0 Å². The van der Waals surface area contributed by atoms with Gasteiger partial charge in [-0.1, -0.05) is 12.8 Å². The minimum absolute atomic E-state index is 0.463. The Morgan fingerprint density at radius 2 is 1.72 bits per heavy atom. The van der Waals surface area contributed by atoms with Gasteiger partial charge in [0, 0.05) is 16.7 Å². The van der Waals surface area contributed by atoms with E-state index in [-0.39, 0.29) is 0 Å². The van der Waals surface area contributed by atoms with Crippen molar-refractivity contribution in [3.8, 4) is 0 Å². The summed E-state index contributed by atoms with van der Waals surface area (Å²) in [7, 11) is -3.30. The molecule has 0 bridgehead atoms. The third-order valence-electron chi connectivity index (χ3n) is 3.32. The highest BCUT2D eigenvalue weighted by Gasteiger charge is 2.26. The van der Waals surface area contributed by atoms with Gasteiger partial charge in [-0.25, -0.2) is 8.42 Å². The van der Waals surface area contributed by atoms with E-state index in [2.05, 4.69) is 22.6 Å². The van der Waals surface area contributed by atoms with Crippen molar-refractivity contribution in [1.82, 2.24) is 4.31 Å². The zero-order valence-electron chi connectivity index (χ0n) is 10.5. The van der Waals surface area contributed by atoms with E-state index in [1.807, 2.05) is 19.1 Å². The van der Waals surface area contributed by atoms with Crippen molar-refractivity contribution in [2.24, 2.45) is 0 Å². The molecule has 1 saturated heterocycles. The zero-order chi connectivity index (χ0) is 13.2. The molecule has 1 fully saturated rings. The Morgan fingerprint density at radius 1 is 1.11 bits per heavy atom. The molecule has 1 aromatic rings. The lowest BCUT2D eigenvalue weighted by Crippen LogP contribution is -2.32. The lowest BCUT2D eigenvalue weighted by molar-refractivity contribution is 0.423. The molecular formula is C13H18INO2S. The average molecular weight is 379 g/mol. The van der Waals surface area contributed by atoms with Crippen LogP contribution in [0.3, 0.4) is 0 Å². The molecule has 3 nitrogen and oxygen atoms in total. The second kappa shape index (κ2) is 5.88. The Kier molecular flexibility index (Phi) is 4.66. The number of halogens is 1. The van der Waals surface area contributed by atoms with Gasteiger partial charge < -0.3 is 0 Å². The first-order valence-corrected chi connectivity index (χ1v) is 8.80. The lowest BCUT2D eigenvalue weighted by Gasteiger charge is -2.21. The van der Waals surface area contributed by atoms with Gasteiger partial charge in [0.05, 0.1) is 4.90 Å². The molecule has 0 radical (unpaired) electrons. The molecule has 1 heterocycles. The van der Waals surface area contributed by atoms with E-state index in [1.165, 1.54) is 0 Å². The monoisotopic (exact) mass is 379 g/mol. The lowest BCUT2D eigenvalue weighted by atomic mass is 10.2. The van der Waals surface area contributed by atoms with Crippen molar-refractivity contribution in [2.75, 3.05) is 13.1 Å². The van der Waals surface area contributed by atoms with Crippen molar-refractivity contribution in [3.63, 3.8) is 0 Å². The molecule has 1 aliphatic rings. The number of rotatable bonds is 2. The van der Waals surface area contributed by atoms with Gasteiger partial charge in [0.1, 0.15) is 0 Å². The van der Waals surface area contributed by atoms with Crippen molar-refractivity contribution < 1.29 is 8.42 Å². The van der Waals surface area contributed by atoms with Crippen LogP contribution in [0.5, 0.6) is 0 Å². The van der Waals surface area contributed by atoms with Crippen LogP contribution in [0.2, 0.25) is 0 Å². The summed E-state index contributed by atoms with van der Waals surface area (Å²) in [6.45, 7) is 3.19. The van der Waals surface area contributed by atoms with Gasteiger partial charge in [0.2, 0.25) is 10.0 Å². The second-order valence-electron chi connectivity index (χ2n) is 4.73. The standard InChI is InChI=1S/C13H18INO2S/c1-11-10-12(14)6-7-13(11)18(16,17)15-8-4-2-3-5-9-15/h6-7,10H,2-5,8-9H2,1H3. The highest BCUT2D eigenvalue weighted by atomic mass is 127. The average Bonchev–Trinajstić information content (AvgIpc) is 2.57. The predicted octanol–water partition coefficient (Wildman–Crippen LogP) is 3.16. The number of nitrogens with zero attached hydrogens (tertiary/aromatic N) is 1. The molecule has 5 heteroatoms. The van der Waals surface area contributed by atoms with E-state index in [9.17, 15) is 8.42 Å². The molecule has 0 unspecified atom stereocenters. The largest absolute Gasteiger partial charge is 0.243 e. The molecule has 0 amide bonds. The fourth-order valence-electron chi connectivity index (χ4n) is 2.32. The van der Waals surface area contributed by atoms with Crippen LogP contribution in [0, 0.1) is 10.5 Å². The molecule has 0 spiro atoms. The summed E-state index contributed by atoms with van der Waals surface area (Å²) in [6.07, 6.45) is 4.22. The van der Waals surface area contributed by atoms with E-state index in [0.717, 1.165) is 34.8 Å². The van der Waals surface area contributed by atoms with Crippen LogP contribution in [-0.4, -0.2) is 25.8 Å². The molecule has 0 aliphatic carbocycles. The molecule has 0 aromatic heterocycles. The fourth-order valence-corrected chi connectivity index (χ4v) is 4.69. The third kappa shape index (κ3) is 3.05. The summed E-state index contributed by atoms with van der Waals surface area (Å²) in [5.74, 6) is 0. The number of hydrogen-bond acceptors (Lipinski definition) is 2. The second-order valence-corrected chi connectivity index (χ2v) is 7.88. The molecule has 2 rings (SSSR count). The summed E-state index contributed by atoms with van der Waals surface area (Å²) < 4.78 is 27.9. The zero-order valence-corrected chi connectivity index (χ0v) is 13.5. The highest BCUT2D eigenvalue weighted by molar-refractivity contribution is 14.1. The number of hydrogen-bond donors (Lipinski definition) is 0. The van der Waals surface area contributed by atoms with Gasteiger partial charge in [-0.2, -0.15) is 4.31 Å². The quantitative estimate of drug-likeness (QED) is 0.741. The van der Waals surface area contributed by atoms with Gasteiger partial charge in [-0.15, -0.1) is 0 Å². The molecule has 1 aliphatic heterocycles. The minimum atomic E-state index is -3.30. The van der Waals surface area contributed by atoms with Crippen LogP contribution in [0.15, 0.2) is 23.1 Å². The summed E-state index contributed by atoms with van der Waals surface area (Å²) >= 11 is 2.20. The van der Waals surface area contributed by atoms with Gasteiger partial charge in [0.15, 0.2) is 0 Å². The van der Waals surface area contributed by atoms with Crippen LogP contribution in [0.4, 0.5) is 0 Å². The van der Waals surface area contributed by atoms with Gasteiger partial charge in [0.25, 0.3) is 0 Å². The van der Waals surface area contributed by atoms with Gasteiger partial charge in [-0.3, -0.25) is 0 Å². The molecule has 0 N–H and O–H groups in total. The molecule has 100 valence electrons. The molecule has 1 aromatic carbocycles. The Labute approximate surface area is 123 Å². The van der Waals surface area contributed by atoms with Crippen molar-refractivity contribution in [3.05, 3.63) is 27.3 Å². The van der Waals surface area contributed by atoms with Crippen LogP contribution < -0.4 is 0 Å². The summed E-state index contributed by atoms with van der Waals surface area (Å²) in [5.41, 5.74) is 0.839. The highest BCUT2D eigenvalue weighted by Crippen LogP contribution is 2.24. The number of benzene rings is 1. The Hall–Kier alpha value is -0.140. The maximum Gasteiger partial charge on any atom is 0.243 e. The Balaban J connectivity index is 2.34. The van der Waals surface area contributed by atoms with E-state index in [1.54, 1.807) is 10.4 Å². The molecule has 0 saturated carbocycles. The van der Waals surface area contributed by atoms with Crippen molar-refractivity contribution >= 4 is 32.6 Å². The predicted molar refractivity (Wildman–Crippen MR) is 81.1 cm³/mol. The van der Waals surface area contributed by atoms with Crippen LogP contribution >= 0.6 is 22.6 Å². The Bertz CT molecular complexity index is 520. The number of aryl methyl sites for hydroxylation is 1. The molecule has 0 atom stereocenters. The van der Waals surface area contributed by atoms with Crippen molar-refractivity contribution in [2.45, 2.75) is 37.5 Å². The fraction of sp³-hybridized carbons (Fsp3) is 0.538. The van der Waals surface area contributed by atoms with Crippen LogP contribution in [-0.2, 0) is 10.0 Å². The topological polar surface area (TPSA) is 37.4 Å². The third-order valence-corrected chi connectivity index (χ3v) is 6.05. The van der Waals surface area contributed by atoms with E-state index < -0.39 is 10.0 Å². The van der Waals surface area contributed by atoms with E-state index in [0.29, 0.717) is 18.0 Å². The van der Waals surface area contributed by atoms with Crippen LogP contribution in [0.25, 0.3) is 0 Å². The normalized spacial score (nSPS) is 18.6. The van der Waals surface area contributed by atoms with Gasteiger partial charge in [-0.05, 0) is 66.1 Å². The Morgan fingerprint density at radius 3 is 2.28 bits per heavy atom. The van der Waals surface area contributed by atoms with Crippen LogP contribution in [0.1, 0.15) is 31.2 Å². The van der Waals surface area contributed by atoms with Crippen molar-refractivity contribution in [1.29, 1.82) is 0 Å². The smallest absolute Gasteiger partial charge is 0.207 e. The summed E-state index contributed by atoms with van der Waals surface area (Å²) in [4.78, 5) is 0.463. The first-order chi connectivity index (χ1) is 8.51. The maximum absolute atomic E-state index is 12.6. The SMILES string of the molecule is Cc1cc(I)ccc1S(=O)(=O)N1CCCCCC1. The first-order valence-electron chi connectivity index (χ1n) is 6.28. The number of sulfonamides is 1. The first kappa shape index (κ1) is 14.3. The summed E-state index contributed by atoms with van der Waals surface area (Å²) in [6, 6.07) is 5.51. The van der Waals surface area contributed by atoms with Gasteiger partial charge >= 0.3 is 0 Å². The molecule has 18 heavy (non-hydrogen) atoms. The summed E-state index contributed by atoms with van der Waals surface area (Å²) in [5, 5.41) is 0. The minimum Gasteiger partial charge on any atom is -0.207 e.